The van der Waals surface area contributed by atoms with Crippen LogP contribution in [0.4, 0.5) is 10.5 Å². The van der Waals surface area contributed by atoms with Crippen molar-refractivity contribution in [2.24, 2.45) is 0 Å². The summed E-state index contributed by atoms with van der Waals surface area (Å²) in [5.41, 5.74) is 1.24. The van der Waals surface area contributed by atoms with Crippen LogP contribution < -0.4 is 14.4 Å². The summed E-state index contributed by atoms with van der Waals surface area (Å²) >= 11 is 0. The summed E-state index contributed by atoms with van der Waals surface area (Å²) in [6.45, 7) is 3.89. The van der Waals surface area contributed by atoms with Crippen LogP contribution in [-0.4, -0.2) is 58.1 Å². The molecule has 26 heavy (non-hydrogen) atoms. The summed E-state index contributed by atoms with van der Waals surface area (Å²) in [7, 11) is 6.04. The van der Waals surface area contributed by atoms with Crippen molar-refractivity contribution < 1.29 is 28.6 Å². The maximum absolute atomic E-state index is 12.8. The summed E-state index contributed by atoms with van der Waals surface area (Å²) in [6.07, 6.45) is -0.0205. The second-order valence-electron chi connectivity index (χ2n) is 5.99. The number of carbonyl (C=O) groups excluding carboxylic acids is 2. The SMILES string of the molecule is CCOC(=O)N1c2cc(OC)c(OC)cc2[C@@H](C(=O)N(C)OC)C[C@@H]1C. The molecule has 0 saturated carbocycles. The number of hydrogen-bond donors (Lipinski definition) is 0. The number of methoxy groups -OCH3 is 2. The van der Waals surface area contributed by atoms with Gasteiger partial charge >= 0.3 is 6.09 Å². The quantitative estimate of drug-likeness (QED) is 0.746. The standard InChI is InChI=1S/C18H26N2O6/c1-7-26-18(22)20-11(2)8-13(17(21)19(3)25-6)12-9-15(23-4)16(24-5)10-14(12)20/h9-11,13H,7-8H2,1-6H3/t11-,13-/m0/s1. The van der Waals surface area contributed by atoms with E-state index in [1.807, 2.05) is 6.92 Å². The molecule has 0 aromatic heterocycles. The van der Waals surface area contributed by atoms with E-state index in [0.717, 1.165) is 0 Å². The third-order valence-corrected chi connectivity index (χ3v) is 4.53. The van der Waals surface area contributed by atoms with Gasteiger partial charge in [0.15, 0.2) is 11.5 Å². The molecule has 8 nitrogen and oxygen atoms in total. The second kappa shape index (κ2) is 8.27. The van der Waals surface area contributed by atoms with Crippen LogP contribution in [0.5, 0.6) is 11.5 Å². The molecule has 0 saturated heterocycles. The Bertz CT molecular complexity index is 678. The van der Waals surface area contributed by atoms with Gasteiger partial charge in [-0.15, -0.1) is 0 Å². The van der Waals surface area contributed by atoms with Crippen molar-refractivity contribution in [2.45, 2.75) is 32.2 Å². The van der Waals surface area contributed by atoms with Gasteiger partial charge in [0.2, 0.25) is 0 Å². The average molecular weight is 366 g/mol. The van der Waals surface area contributed by atoms with Crippen LogP contribution >= 0.6 is 0 Å². The van der Waals surface area contributed by atoms with Gasteiger partial charge in [-0.25, -0.2) is 9.86 Å². The number of hydroxylamine groups is 2. The topological polar surface area (TPSA) is 77.5 Å². The molecule has 0 bridgehead atoms. The lowest BCUT2D eigenvalue weighted by Crippen LogP contribution is -2.46. The molecule has 1 aliphatic rings. The van der Waals surface area contributed by atoms with Crippen LogP contribution in [0.25, 0.3) is 0 Å². The Kier molecular flexibility index (Phi) is 6.31. The molecule has 0 fully saturated rings. The van der Waals surface area contributed by atoms with Crippen molar-refractivity contribution in [3.05, 3.63) is 17.7 Å². The van der Waals surface area contributed by atoms with Crippen LogP contribution in [-0.2, 0) is 14.4 Å². The van der Waals surface area contributed by atoms with E-state index >= 15 is 0 Å². The van der Waals surface area contributed by atoms with E-state index in [1.165, 1.54) is 26.4 Å². The molecule has 0 aliphatic carbocycles. The number of fused-ring (bicyclic) bond motifs is 1. The van der Waals surface area contributed by atoms with Crippen molar-refractivity contribution in [3.63, 3.8) is 0 Å². The Labute approximate surface area is 153 Å². The molecule has 8 heteroatoms. The Balaban J connectivity index is 2.61. The lowest BCUT2D eigenvalue weighted by molar-refractivity contribution is -0.170. The summed E-state index contributed by atoms with van der Waals surface area (Å²) in [5, 5.41) is 1.19. The highest BCUT2D eigenvalue weighted by atomic mass is 16.7. The third-order valence-electron chi connectivity index (χ3n) is 4.53. The van der Waals surface area contributed by atoms with Crippen molar-refractivity contribution >= 4 is 17.7 Å². The Morgan fingerprint density at radius 3 is 2.35 bits per heavy atom. The fraction of sp³-hybridized carbons (Fsp3) is 0.556. The first-order valence-electron chi connectivity index (χ1n) is 8.43. The van der Waals surface area contributed by atoms with E-state index in [0.29, 0.717) is 29.2 Å². The molecule has 0 unspecified atom stereocenters. The molecule has 2 amide bonds. The number of likely N-dealkylation sites (N-methyl/N-ethyl adjacent to an activating group) is 1. The number of nitrogens with zero attached hydrogens (tertiary/aromatic N) is 2. The van der Waals surface area contributed by atoms with E-state index in [-0.39, 0.29) is 18.6 Å². The zero-order valence-electron chi connectivity index (χ0n) is 16.1. The van der Waals surface area contributed by atoms with E-state index in [4.69, 9.17) is 19.0 Å². The van der Waals surface area contributed by atoms with Crippen LogP contribution in [0.3, 0.4) is 0 Å². The van der Waals surface area contributed by atoms with Gasteiger partial charge < -0.3 is 14.2 Å². The van der Waals surface area contributed by atoms with Gasteiger partial charge in [-0.1, -0.05) is 0 Å². The molecule has 1 aromatic carbocycles. The number of amides is 2. The van der Waals surface area contributed by atoms with Crippen molar-refractivity contribution in [2.75, 3.05) is 39.9 Å². The number of carbonyl (C=O) groups is 2. The molecule has 1 aliphatic heterocycles. The van der Waals surface area contributed by atoms with Crippen LogP contribution in [0.2, 0.25) is 0 Å². The van der Waals surface area contributed by atoms with Gasteiger partial charge in [-0.3, -0.25) is 14.5 Å². The minimum absolute atomic E-state index is 0.198. The predicted molar refractivity (Wildman–Crippen MR) is 95.6 cm³/mol. The third kappa shape index (κ3) is 3.55. The van der Waals surface area contributed by atoms with Gasteiger partial charge in [-0.2, -0.15) is 0 Å². The zero-order valence-corrected chi connectivity index (χ0v) is 16.1. The molecule has 2 rings (SSSR count). The highest BCUT2D eigenvalue weighted by Gasteiger charge is 2.40. The minimum Gasteiger partial charge on any atom is -0.493 e. The van der Waals surface area contributed by atoms with Gasteiger partial charge in [0.1, 0.15) is 0 Å². The Hall–Kier alpha value is -2.48. The summed E-state index contributed by atoms with van der Waals surface area (Å²) in [4.78, 5) is 31.9. The highest BCUT2D eigenvalue weighted by molar-refractivity contribution is 5.95. The Morgan fingerprint density at radius 1 is 1.19 bits per heavy atom. The molecule has 1 aromatic rings. The van der Waals surface area contributed by atoms with Gasteiger partial charge in [0, 0.05) is 19.2 Å². The zero-order chi connectivity index (χ0) is 19.4. The van der Waals surface area contributed by atoms with Crippen molar-refractivity contribution in [1.82, 2.24) is 5.06 Å². The van der Waals surface area contributed by atoms with E-state index in [1.54, 1.807) is 31.0 Å². The largest absolute Gasteiger partial charge is 0.493 e. The summed E-state index contributed by atoms with van der Waals surface area (Å²) < 4.78 is 15.9. The number of rotatable bonds is 5. The Morgan fingerprint density at radius 2 is 1.81 bits per heavy atom. The molecule has 1 heterocycles. The van der Waals surface area contributed by atoms with Crippen molar-refractivity contribution in [1.29, 1.82) is 0 Å². The lowest BCUT2D eigenvalue weighted by Gasteiger charge is -2.39. The molecule has 0 radical (unpaired) electrons. The predicted octanol–water partition coefficient (Wildman–Crippen LogP) is 2.56. The van der Waals surface area contributed by atoms with Gasteiger partial charge in [0.05, 0.1) is 39.5 Å². The molecular weight excluding hydrogens is 340 g/mol. The van der Waals surface area contributed by atoms with Crippen LogP contribution in [0, 0.1) is 0 Å². The fourth-order valence-electron chi connectivity index (χ4n) is 3.20. The lowest BCUT2D eigenvalue weighted by atomic mass is 9.85. The average Bonchev–Trinajstić information content (AvgIpc) is 2.64. The first-order chi connectivity index (χ1) is 12.4. The first-order valence-corrected chi connectivity index (χ1v) is 8.43. The number of anilines is 1. The van der Waals surface area contributed by atoms with E-state index < -0.39 is 12.0 Å². The van der Waals surface area contributed by atoms with Crippen LogP contribution in [0.1, 0.15) is 31.7 Å². The summed E-state index contributed by atoms with van der Waals surface area (Å²) in [6, 6.07) is 3.20. The molecular formula is C18H26N2O6. The number of hydrogen-bond acceptors (Lipinski definition) is 6. The smallest absolute Gasteiger partial charge is 0.414 e. The molecule has 144 valence electrons. The maximum Gasteiger partial charge on any atom is 0.414 e. The fourth-order valence-corrected chi connectivity index (χ4v) is 3.20. The summed E-state index contributed by atoms with van der Waals surface area (Å²) in [5.74, 6) is 0.287. The van der Waals surface area contributed by atoms with Crippen molar-refractivity contribution in [3.8, 4) is 11.5 Å². The van der Waals surface area contributed by atoms with E-state index in [2.05, 4.69) is 0 Å². The van der Waals surface area contributed by atoms with Crippen LogP contribution in [0.15, 0.2) is 12.1 Å². The van der Waals surface area contributed by atoms with E-state index in [9.17, 15) is 9.59 Å². The minimum atomic E-state index is -0.476. The molecule has 0 N–H and O–H groups in total. The monoisotopic (exact) mass is 366 g/mol. The molecule has 0 spiro atoms. The number of ether oxygens (including phenoxy) is 3. The normalized spacial score (nSPS) is 18.8. The molecule has 2 atom stereocenters. The number of benzene rings is 1. The highest BCUT2D eigenvalue weighted by Crippen LogP contribution is 2.45. The maximum atomic E-state index is 12.8. The van der Waals surface area contributed by atoms with Gasteiger partial charge in [-0.05, 0) is 31.9 Å². The second-order valence-corrected chi connectivity index (χ2v) is 5.99. The van der Waals surface area contributed by atoms with Gasteiger partial charge in [0.25, 0.3) is 5.91 Å². The first kappa shape index (κ1) is 19.8.